The number of aromatic nitrogens is 1. The van der Waals surface area contributed by atoms with Crippen LogP contribution in [-0.2, 0) is 6.42 Å². The number of para-hydroxylation sites is 1. The van der Waals surface area contributed by atoms with Crippen molar-refractivity contribution in [2.24, 2.45) is 5.73 Å². The topological polar surface area (TPSA) is 50.9 Å². The molecule has 0 amide bonds. The van der Waals surface area contributed by atoms with Gasteiger partial charge in [-0.3, -0.25) is 0 Å². The van der Waals surface area contributed by atoms with Gasteiger partial charge in [-0.15, -0.1) is 0 Å². The summed E-state index contributed by atoms with van der Waals surface area (Å²) in [5, 5.41) is 3.29. The average molecular weight is 257 g/mol. The molecule has 0 aliphatic carbocycles. The molecule has 3 N–H and O–H groups in total. The molecule has 4 heteroatoms. The van der Waals surface area contributed by atoms with Crippen molar-refractivity contribution in [1.82, 2.24) is 4.98 Å². The molecule has 2 aromatic rings. The predicted molar refractivity (Wildman–Crippen MR) is 79.2 cm³/mol. The molecule has 1 aromatic heterocycles. The van der Waals surface area contributed by atoms with Crippen LogP contribution < -0.4 is 11.1 Å². The fourth-order valence-corrected chi connectivity index (χ4v) is 1.84. The van der Waals surface area contributed by atoms with Crippen LogP contribution in [0.4, 0.5) is 11.5 Å². The van der Waals surface area contributed by atoms with Crippen LogP contribution in [0.15, 0.2) is 42.5 Å². The number of thiocarbonyl (C=S) groups is 1. The van der Waals surface area contributed by atoms with Crippen LogP contribution >= 0.6 is 12.2 Å². The van der Waals surface area contributed by atoms with Gasteiger partial charge in [0, 0.05) is 5.69 Å². The Labute approximate surface area is 112 Å². The number of benzene rings is 1. The highest BCUT2D eigenvalue weighted by Crippen LogP contribution is 2.20. The van der Waals surface area contributed by atoms with E-state index in [1.54, 1.807) is 6.07 Å². The summed E-state index contributed by atoms with van der Waals surface area (Å²) in [5.41, 5.74) is 8.51. The zero-order valence-electron chi connectivity index (χ0n) is 10.2. The van der Waals surface area contributed by atoms with Crippen molar-refractivity contribution in [3.8, 4) is 0 Å². The van der Waals surface area contributed by atoms with Gasteiger partial charge in [0.2, 0.25) is 0 Å². The zero-order valence-corrected chi connectivity index (χ0v) is 11.0. The highest BCUT2D eigenvalue weighted by molar-refractivity contribution is 7.80. The van der Waals surface area contributed by atoms with Crippen molar-refractivity contribution in [3.63, 3.8) is 0 Å². The maximum Gasteiger partial charge on any atom is 0.131 e. The van der Waals surface area contributed by atoms with Gasteiger partial charge in [0.1, 0.15) is 10.8 Å². The standard InChI is InChI=1S/C14H15N3S/c1-2-10-6-3-4-7-11(10)16-13-9-5-8-12(17-13)14(15)18/h3-9H,2H2,1H3,(H2,15,18)(H,16,17). The summed E-state index contributed by atoms with van der Waals surface area (Å²) in [5.74, 6) is 0.751. The van der Waals surface area contributed by atoms with E-state index in [2.05, 4.69) is 23.3 Å². The third-order valence-electron chi connectivity index (χ3n) is 2.66. The summed E-state index contributed by atoms with van der Waals surface area (Å²) in [6.07, 6.45) is 0.970. The summed E-state index contributed by atoms with van der Waals surface area (Å²) in [4.78, 5) is 4.67. The van der Waals surface area contributed by atoms with Gasteiger partial charge in [-0.25, -0.2) is 4.98 Å². The van der Waals surface area contributed by atoms with E-state index in [1.807, 2.05) is 30.3 Å². The van der Waals surface area contributed by atoms with Gasteiger partial charge in [0.15, 0.2) is 0 Å². The number of hydrogen-bond donors (Lipinski definition) is 2. The van der Waals surface area contributed by atoms with Crippen LogP contribution in [-0.4, -0.2) is 9.97 Å². The molecule has 0 unspecified atom stereocenters. The molecule has 18 heavy (non-hydrogen) atoms. The highest BCUT2D eigenvalue weighted by atomic mass is 32.1. The number of nitrogens with zero attached hydrogens (tertiary/aromatic N) is 1. The summed E-state index contributed by atoms with van der Waals surface area (Å²) in [6.45, 7) is 2.12. The Bertz CT molecular complexity index is 566. The zero-order chi connectivity index (χ0) is 13.0. The Morgan fingerprint density at radius 3 is 2.72 bits per heavy atom. The third kappa shape index (κ3) is 2.84. The maximum atomic E-state index is 5.57. The van der Waals surface area contributed by atoms with E-state index >= 15 is 0 Å². The minimum Gasteiger partial charge on any atom is -0.388 e. The molecule has 0 fully saturated rings. The lowest BCUT2D eigenvalue weighted by atomic mass is 10.1. The number of nitrogens with two attached hydrogens (primary N) is 1. The fraction of sp³-hybridized carbons (Fsp3) is 0.143. The second-order valence-corrected chi connectivity index (χ2v) is 4.35. The molecule has 0 spiro atoms. The molecular weight excluding hydrogens is 242 g/mol. The summed E-state index contributed by atoms with van der Waals surface area (Å²) >= 11 is 4.92. The highest BCUT2D eigenvalue weighted by Gasteiger charge is 2.03. The molecule has 92 valence electrons. The van der Waals surface area contributed by atoms with E-state index in [0.717, 1.165) is 17.9 Å². The molecule has 0 radical (unpaired) electrons. The molecule has 0 aliphatic heterocycles. The van der Waals surface area contributed by atoms with Crippen LogP contribution in [0.3, 0.4) is 0 Å². The van der Waals surface area contributed by atoms with E-state index in [0.29, 0.717) is 10.7 Å². The molecule has 0 saturated heterocycles. The minimum absolute atomic E-state index is 0.308. The Morgan fingerprint density at radius 1 is 1.22 bits per heavy atom. The lowest BCUT2D eigenvalue weighted by Gasteiger charge is -2.10. The van der Waals surface area contributed by atoms with Crippen molar-refractivity contribution in [3.05, 3.63) is 53.7 Å². The Kier molecular flexibility index (Phi) is 3.89. The van der Waals surface area contributed by atoms with Gasteiger partial charge < -0.3 is 11.1 Å². The number of rotatable bonds is 4. The number of aryl methyl sites for hydroxylation is 1. The maximum absolute atomic E-state index is 5.57. The second-order valence-electron chi connectivity index (χ2n) is 3.91. The van der Waals surface area contributed by atoms with Crippen LogP contribution in [0.1, 0.15) is 18.2 Å². The van der Waals surface area contributed by atoms with Gasteiger partial charge in [0.25, 0.3) is 0 Å². The van der Waals surface area contributed by atoms with E-state index in [-0.39, 0.29) is 0 Å². The van der Waals surface area contributed by atoms with Crippen LogP contribution in [0.25, 0.3) is 0 Å². The van der Waals surface area contributed by atoms with Gasteiger partial charge in [-0.2, -0.15) is 0 Å². The quantitative estimate of drug-likeness (QED) is 0.827. The third-order valence-corrected chi connectivity index (χ3v) is 2.87. The molecule has 3 nitrogen and oxygen atoms in total. The second kappa shape index (κ2) is 5.60. The van der Waals surface area contributed by atoms with Crippen molar-refractivity contribution >= 4 is 28.7 Å². The number of hydrogen-bond acceptors (Lipinski definition) is 3. The molecular formula is C14H15N3S. The van der Waals surface area contributed by atoms with Crippen molar-refractivity contribution in [2.45, 2.75) is 13.3 Å². The summed E-state index contributed by atoms with van der Waals surface area (Å²) in [7, 11) is 0. The average Bonchev–Trinajstić information content (AvgIpc) is 2.39. The van der Waals surface area contributed by atoms with Crippen molar-refractivity contribution in [2.75, 3.05) is 5.32 Å². The summed E-state index contributed by atoms with van der Waals surface area (Å²) in [6, 6.07) is 13.8. The molecule has 0 atom stereocenters. The summed E-state index contributed by atoms with van der Waals surface area (Å²) < 4.78 is 0. The largest absolute Gasteiger partial charge is 0.388 e. The molecule has 0 bridgehead atoms. The van der Waals surface area contributed by atoms with Gasteiger partial charge in [0.05, 0.1) is 5.69 Å². The van der Waals surface area contributed by atoms with E-state index < -0.39 is 0 Å². The van der Waals surface area contributed by atoms with Crippen molar-refractivity contribution in [1.29, 1.82) is 0 Å². The lowest BCUT2D eigenvalue weighted by Crippen LogP contribution is -2.12. The molecule has 1 aromatic carbocycles. The Morgan fingerprint density at radius 2 is 2.00 bits per heavy atom. The number of nitrogens with one attached hydrogen (secondary N) is 1. The number of anilines is 2. The van der Waals surface area contributed by atoms with Crippen LogP contribution in [0, 0.1) is 0 Å². The first-order valence-corrected chi connectivity index (χ1v) is 6.23. The van der Waals surface area contributed by atoms with E-state index in [4.69, 9.17) is 18.0 Å². The van der Waals surface area contributed by atoms with E-state index in [9.17, 15) is 0 Å². The normalized spacial score (nSPS) is 10.1. The smallest absolute Gasteiger partial charge is 0.131 e. The Hall–Kier alpha value is -1.94. The molecule has 0 saturated carbocycles. The minimum atomic E-state index is 0.308. The fourth-order valence-electron chi connectivity index (χ4n) is 1.73. The predicted octanol–water partition coefficient (Wildman–Crippen LogP) is 3.02. The van der Waals surface area contributed by atoms with Crippen molar-refractivity contribution < 1.29 is 0 Å². The van der Waals surface area contributed by atoms with E-state index in [1.165, 1.54) is 5.56 Å². The molecule has 1 heterocycles. The molecule has 0 aliphatic rings. The first kappa shape index (κ1) is 12.5. The SMILES string of the molecule is CCc1ccccc1Nc1cccc(C(N)=S)n1. The first-order valence-electron chi connectivity index (χ1n) is 5.82. The van der Waals surface area contributed by atoms with Crippen LogP contribution in [0.2, 0.25) is 0 Å². The van der Waals surface area contributed by atoms with Gasteiger partial charge in [-0.05, 0) is 30.2 Å². The number of pyridine rings is 1. The van der Waals surface area contributed by atoms with Crippen LogP contribution in [0.5, 0.6) is 0 Å². The first-order chi connectivity index (χ1) is 8.70. The molecule has 2 rings (SSSR count). The monoisotopic (exact) mass is 257 g/mol. The lowest BCUT2D eigenvalue weighted by molar-refractivity contribution is 1.14. The van der Waals surface area contributed by atoms with Gasteiger partial charge in [-0.1, -0.05) is 43.4 Å². The van der Waals surface area contributed by atoms with Gasteiger partial charge >= 0.3 is 0 Å². The Balaban J connectivity index is 2.28.